The molecule has 0 spiro atoms. The number of carbonyl (C=O) groups excluding carboxylic acids is 2. The Morgan fingerprint density at radius 2 is 1.85 bits per heavy atom. The lowest BCUT2D eigenvalue weighted by atomic mass is 10.0. The predicted molar refractivity (Wildman–Crippen MR) is 160 cm³/mol. The molecule has 3 aromatic heterocycles. The first-order valence-corrected chi connectivity index (χ1v) is 15.0. The molecule has 2 aromatic carbocycles. The Bertz CT molecular complexity index is 1730. The Kier molecular flexibility index (Phi) is 8.18. The van der Waals surface area contributed by atoms with Gasteiger partial charge in [-0.3, -0.25) is 9.59 Å². The van der Waals surface area contributed by atoms with E-state index in [0.717, 1.165) is 33.3 Å². The van der Waals surface area contributed by atoms with Crippen LogP contribution in [0.4, 0.5) is 5.00 Å². The Labute approximate surface area is 241 Å². The van der Waals surface area contributed by atoms with Gasteiger partial charge in [-0.25, -0.2) is 9.78 Å². The van der Waals surface area contributed by atoms with Crippen molar-refractivity contribution in [1.29, 1.82) is 0 Å². The molecule has 0 saturated heterocycles. The molecular formula is C28H22ClN3O4S3. The summed E-state index contributed by atoms with van der Waals surface area (Å²) in [6.45, 7) is 3.89. The average Bonchev–Trinajstić information content (AvgIpc) is 3.49. The Hall–Kier alpha value is -3.44. The average molecular weight is 596 g/mol. The van der Waals surface area contributed by atoms with Crippen molar-refractivity contribution in [2.75, 3.05) is 17.7 Å². The second kappa shape index (κ2) is 11.7. The number of nitrogens with one attached hydrogen (secondary N) is 2. The summed E-state index contributed by atoms with van der Waals surface area (Å²) in [6, 6.07) is 16.8. The molecule has 0 aliphatic rings. The largest absolute Gasteiger partial charge is 0.462 e. The highest BCUT2D eigenvalue weighted by atomic mass is 35.5. The maximum Gasteiger partial charge on any atom is 0.341 e. The first kappa shape index (κ1) is 27.1. The molecule has 0 radical (unpaired) electrons. The zero-order chi connectivity index (χ0) is 27.5. The fourth-order valence-corrected chi connectivity index (χ4v) is 6.98. The van der Waals surface area contributed by atoms with E-state index in [2.05, 4.69) is 15.3 Å². The highest BCUT2D eigenvalue weighted by Gasteiger charge is 2.23. The Balaban J connectivity index is 1.35. The van der Waals surface area contributed by atoms with E-state index in [-0.39, 0.29) is 29.4 Å². The van der Waals surface area contributed by atoms with Crippen molar-refractivity contribution < 1.29 is 14.3 Å². The van der Waals surface area contributed by atoms with Gasteiger partial charge in [0, 0.05) is 26.4 Å². The van der Waals surface area contributed by atoms with Gasteiger partial charge in [0.2, 0.25) is 5.91 Å². The van der Waals surface area contributed by atoms with Crippen LogP contribution in [-0.4, -0.2) is 34.2 Å². The third-order valence-corrected chi connectivity index (χ3v) is 8.82. The van der Waals surface area contributed by atoms with Crippen molar-refractivity contribution in [2.45, 2.75) is 19.0 Å². The molecule has 0 saturated carbocycles. The molecule has 11 heteroatoms. The fraction of sp³-hybridized carbons (Fsp3) is 0.143. The molecule has 1 amide bonds. The van der Waals surface area contributed by atoms with Gasteiger partial charge in [0.25, 0.3) is 5.56 Å². The maximum atomic E-state index is 13.0. The van der Waals surface area contributed by atoms with Crippen molar-refractivity contribution in [3.05, 3.63) is 85.8 Å². The molecule has 0 aliphatic carbocycles. The molecule has 0 aliphatic heterocycles. The van der Waals surface area contributed by atoms with Crippen LogP contribution in [0.5, 0.6) is 0 Å². The lowest BCUT2D eigenvalue weighted by Gasteiger charge is -2.09. The molecule has 39 heavy (non-hydrogen) atoms. The molecule has 7 nitrogen and oxygen atoms in total. The van der Waals surface area contributed by atoms with E-state index in [1.165, 1.54) is 22.7 Å². The van der Waals surface area contributed by atoms with E-state index in [9.17, 15) is 14.4 Å². The van der Waals surface area contributed by atoms with Gasteiger partial charge in [0.1, 0.15) is 15.4 Å². The van der Waals surface area contributed by atoms with E-state index < -0.39 is 5.97 Å². The van der Waals surface area contributed by atoms with E-state index in [1.54, 1.807) is 24.4 Å². The van der Waals surface area contributed by atoms with Crippen LogP contribution in [0.1, 0.15) is 22.2 Å². The summed E-state index contributed by atoms with van der Waals surface area (Å²) in [5.41, 5.74) is 3.31. The molecular weight excluding hydrogens is 574 g/mol. The van der Waals surface area contributed by atoms with Crippen LogP contribution in [0.2, 0.25) is 5.02 Å². The summed E-state index contributed by atoms with van der Waals surface area (Å²) in [6.07, 6.45) is 0. The van der Waals surface area contributed by atoms with Crippen LogP contribution in [0.15, 0.2) is 69.9 Å². The maximum absolute atomic E-state index is 13.0. The minimum atomic E-state index is -0.523. The van der Waals surface area contributed by atoms with Gasteiger partial charge in [-0.1, -0.05) is 65.8 Å². The van der Waals surface area contributed by atoms with Crippen molar-refractivity contribution in [1.82, 2.24) is 9.97 Å². The number of carbonyl (C=O) groups is 2. The second-order valence-electron chi connectivity index (χ2n) is 8.37. The monoisotopic (exact) mass is 595 g/mol. The van der Waals surface area contributed by atoms with Crippen molar-refractivity contribution in [3.8, 4) is 22.3 Å². The molecule has 0 unspecified atom stereocenters. The number of nitrogens with zero attached hydrogens (tertiary/aromatic N) is 1. The number of hydrogen-bond donors (Lipinski definition) is 2. The number of H-pyrrole nitrogens is 1. The lowest BCUT2D eigenvalue weighted by molar-refractivity contribution is -0.113. The number of ether oxygens (including phenoxy) is 1. The number of amides is 1. The van der Waals surface area contributed by atoms with E-state index >= 15 is 0 Å². The Morgan fingerprint density at radius 1 is 1.10 bits per heavy atom. The van der Waals surface area contributed by atoms with Gasteiger partial charge in [-0.05, 0) is 37.1 Å². The van der Waals surface area contributed by atoms with Crippen molar-refractivity contribution >= 4 is 73.1 Å². The van der Waals surface area contributed by atoms with E-state index in [0.29, 0.717) is 31.0 Å². The number of rotatable bonds is 8. The zero-order valence-corrected chi connectivity index (χ0v) is 24.1. The summed E-state index contributed by atoms with van der Waals surface area (Å²) in [5.74, 6) is -0.878. The minimum absolute atomic E-state index is 0.0131. The number of thiophene rings is 2. The standard InChI is InChI=1S/C28H22ClN3O4S3/c1-3-36-27(35)22-19(16-9-11-18(29)12-10-16)13-37-25(22)30-20(33)14-38-28-31-24(34)23-21(15(2)39-26(23)32-28)17-7-5-4-6-8-17/h4-13H,3,14H2,1-2H3,(H,30,33)(H,31,32,34). The number of anilines is 1. The number of thioether (sulfide) groups is 1. The molecule has 198 valence electrons. The van der Waals surface area contributed by atoms with Crippen molar-refractivity contribution in [3.63, 3.8) is 0 Å². The lowest BCUT2D eigenvalue weighted by Crippen LogP contribution is -2.17. The third-order valence-electron chi connectivity index (χ3n) is 5.80. The summed E-state index contributed by atoms with van der Waals surface area (Å²) in [4.78, 5) is 47.7. The summed E-state index contributed by atoms with van der Waals surface area (Å²) in [7, 11) is 0. The number of benzene rings is 2. The normalized spacial score (nSPS) is 11.1. The SMILES string of the molecule is CCOC(=O)c1c(-c2ccc(Cl)cc2)csc1NC(=O)CSc1nc2sc(C)c(-c3ccccc3)c2c(=O)[nH]1. The number of aryl methyl sites for hydroxylation is 1. The number of aromatic nitrogens is 2. The molecule has 0 bridgehead atoms. The molecule has 2 N–H and O–H groups in total. The number of esters is 1. The number of hydrogen-bond acceptors (Lipinski definition) is 8. The first-order valence-electron chi connectivity index (χ1n) is 11.9. The van der Waals surface area contributed by atoms with Gasteiger partial charge in [-0.2, -0.15) is 0 Å². The predicted octanol–water partition coefficient (Wildman–Crippen LogP) is 7.25. The van der Waals surface area contributed by atoms with Crippen LogP contribution < -0.4 is 10.9 Å². The van der Waals surface area contributed by atoms with Crippen LogP contribution in [0.25, 0.3) is 32.5 Å². The molecule has 5 aromatic rings. The Morgan fingerprint density at radius 3 is 2.56 bits per heavy atom. The molecule has 3 heterocycles. The highest BCUT2D eigenvalue weighted by molar-refractivity contribution is 7.99. The second-order valence-corrected chi connectivity index (χ2v) is 11.9. The quantitative estimate of drug-likeness (QED) is 0.111. The topological polar surface area (TPSA) is 101 Å². The van der Waals surface area contributed by atoms with E-state index in [1.807, 2.05) is 49.4 Å². The van der Waals surface area contributed by atoms with Gasteiger partial charge in [-0.15, -0.1) is 22.7 Å². The van der Waals surface area contributed by atoms with Gasteiger partial charge >= 0.3 is 5.97 Å². The number of halogens is 1. The zero-order valence-electron chi connectivity index (χ0n) is 20.9. The van der Waals surface area contributed by atoms with Crippen LogP contribution in [0, 0.1) is 6.92 Å². The fourth-order valence-electron chi connectivity index (χ4n) is 4.11. The van der Waals surface area contributed by atoms with Crippen LogP contribution >= 0.6 is 46.0 Å². The van der Waals surface area contributed by atoms with Gasteiger partial charge in [0.05, 0.1) is 17.7 Å². The first-order chi connectivity index (χ1) is 18.9. The highest BCUT2D eigenvalue weighted by Crippen LogP contribution is 2.38. The number of aromatic amines is 1. The van der Waals surface area contributed by atoms with Crippen LogP contribution in [0.3, 0.4) is 0 Å². The number of fused-ring (bicyclic) bond motifs is 1. The molecule has 0 atom stereocenters. The van der Waals surface area contributed by atoms with Gasteiger partial charge < -0.3 is 15.0 Å². The summed E-state index contributed by atoms with van der Waals surface area (Å²) >= 11 is 9.82. The third kappa shape index (κ3) is 5.79. The minimum Gasteiger partial charge on any atom is -0.462 e. The summed E-state index contributed by atoms with van der Waals surface area (Å²) < 4.78 is 5.26. The smallest absolute Gasteiger partial charge is 0.341 e. The molecule has 0 fully saturated rings. The molecule has 5 rings (SSSR count). The van der Waals surface area contributed by atoms with Crippen molar-refractivity contribution in [2.24, 2.45) is 0 Å². The van der Waals surface area contributed by atoms with E-state index in [4.69, 9.17) is 16.3 Å². The van der Waals surface area contributed by atoms with Gasteiger partial charge in [0.15, 0.2) is 5.16 Å². The summed E-state index contributed by atoms with van der Waals surface area (Å²) in [5, 5.41) is 6.49. The van der Waals surface area contributed by atoms with Crippen LogP contribution in [-0.2, 0) is 9.53 Å².